The number of esters is 1. The lowest BCUT2D eigenvalue weighted by Gasteiger charge is -2.35. The van der Waals surface area contributed by atoms with Crippen LogP contribution in [0.4, 0.5) is 9.80 Å². The number of anilines is 1. The van der Waals surface area contributed by atoms with Crippen molar-refractivity contribution in [2.24, 2.45) is 0 Å². The summed E-state index contributed by atoms with van der Waals surface area (Å²) in [6.45, 7) is 2.59. The minimum Gasteiger partial charge on any atom is -0.461 e. The van der Waals surface area contributed by atoms with E-state index >= 15 is 0 Å². The van der Waals surface area contributed by atoms with Gasteiger partial charge in [-0.15, -0.1) is 5.10 Å². The van der Waals surface area contributed by atoms with Gasteiger partial charge in [0.05, 0.1) is 12.6 Å². The number of urea groups is 1. The van der Waals surface area contributed by atoms with E-state index in [0.717, 1.165) is 36.4 Å². The number of rotatable bonds is 4. The summed E-state index contributed by atoms with van der Waals surface area (Å²) in [6.07, 6.45) is 6.38. The number of amides is 2. The fraction of sp³-hybridized carbons (Fsp3) is 0.438. The number of nitrogens with one attached hydrogen (secondary N) is 1. The molecule has 0 bridgehead atoms. The molecule has 0 aliphatic carbocycles. The van der Waals surface area contributed by atoms with Crippen LogP contribution in [0.3, 0.4) is 0 Å². The molecule has 1 saturated heterocycles. The van der Waals surface area contributed by atoms with Crippen molar-refractivity contribution in [2.75, 3.05) is 18.5 Å². The summed E-state index contributed by atoms with van der Waals surface area (Å²) in [4.78, 5) is 30.6. The van der Waals surface area contributed by atoms with Crippen molar-refractivity contribution < 1.29 is 14.3 Å². The minimum absolute atomic E-state index is 0.0330. The molecule has 1 aliphatic heterocycles. The molecule has 2 amide bonds. The summed E-state index contributed by atoms with van der Waals surface area (Å²) in [5.41, 5.74) is 1.04. The molecule has 1 atom stereocenters. The summed E-state index contributed by atoms with van der Waals surface area (Å²) in [7, 11) is 0. The van der Waals surface area contributed by atoms with Gasteiger partial charge < -0.3 is 9.64 Å². The first-order valence-corrected chi connectivity index (χ1v) is 8.95. The van der Waals surface area contributed by atoms with Gasteiger partial charge in [0.1, 0.15) is 0 Å². The molecule has 3 heterocycles. The van der Waals surface area contributed by atoms with Crippen LogP contribution in [0.5, 0.6) is 0 Å². The van der Waals surface area contributed by atoms with Gasteiger partial charge in [-0.2, -0.15) is 0 Å². The Balaban J connectivity index is 1.76. The molecule has 0 radical (unpaired) electrons. The van der Waals surface area contributed by atoms with E-state index in [0.29, 0.717) is 11.5 Å². The second-order valence-corrected chi connectivity index (χ2v) is 6.35. The van der Waals surface area contributed by atoms with Gasteiger partial charge in [0.25, 0.3) is 0 Å². The van der Waals surface area contributed by atoms with Crippen molar-refractivity contribution in [3.05, 3.63) is 35.8 Å². The number of hydrogen-bond donors (Lipinski definition) is 1. The first-order chi connectivity index (χ1) is 12.2. The van der Waals surface area contributed by atoms with Crippen molar-refractivity contribution >= 4 is 28.5 Å². The summed E-state index contributed by atoms with van der Waals surface area (Å²) < 4.78 is 8.68. The summed E-state index contributed by atoms with van der Waals surface area (Å²) >= 11 is 0.960. The van der Waals surface area contributed by atoms with Crippen molar-refractivity contribution in [1.29, 1.82) is 0 Å². The SMILES string of the molecule is CCOC(=O)c1nnsc1NC(=O)N1CCCC[C@H]1c1cccnc1. The quantitative estimate of drug-likeness (QED) is 0.841. The van der Waals surface area contributed by atoms with E-state index in [1.165, 1.54) is 0 Å². The molecule has 25 heavy (non-hydrogen) atoms. The third-order valence-corrected chi connectivity index (χ3v) is 4.65. The fourth-order valence-electron chi connectivity index (χ4n) is 2.87. The molecule has 0 unspecified atom stereocenters. The summed E-state index contributed by atoms with van der Waals surface area (Å²) in [5, 5.41) is 6.82. The van der Waals surface area contributed by atoms with Gasteiger partial charge in [-0.05, 0) is 37.8 Å². The molecule has 1 N–H and O–H groups in total. The first-order valence-electron chi connectivity index (χ1n) is 8.17. The van der Waals surface area contributed by atoms with Gasteiger partial charge in [-0.25, -0.2) is 9.59 Å². The molecule has 8 nitrogen and oxygen atoms in total. The van der Waals surface area contributed by atoms with Crippen LogP contribution in [0.25, 0.3) is 0 Å². The average Bonchev–Trinajstić information content (AvgIpc) is 3.11. The highest BCUT2D eigenvalue weighted by molar-refractivity contribution is 7.10. The third kappa shape index (κ3) is 3.93. The molecule has 3 rings (SSSR count). The number of ether oxygens (including phenoxy) is 1. The lowest BCUT2D eigenvalue weighted by atomic mass is 9.97. The lowest BCUT2D eigenvalue weighted by Crippen LogP contribution is -2.41. The van der Waals surface area contributed by atoms with E-state index in [-0.39, 0.29) is 24.4 Å². The van der Waals surface area contributed by atoms with E-state index in [2.05, 4.69) is 19.9 Å². The molecule has 0 spiro atoms. The van der Waals surface area contributed by atoms with Crippen LogP contribution in [0, 0.1) is 0 Å². The molecule has 0 saturated carbocycles. The van der Waals surface area contributed by atoms with E-state index < -0.39 is 5.97 Å². The molecule has 0 aromatic carbocycles. The Bertz CT molecular complexity index is 736. The van der Waals surface area contributed by atoms with Gasteiger partial charge in [-0.1, -0.05) is 10.6 Å². The van der Waals surface area contributed by atoms with Gasteiger partial charge in [0.15, 0.2) is 5.00 Å². The van der Waals surface area contributed by atoms with E-state index in [1.54, 1.807) is 24.2 Å². The Morgan fingerprint density at radius 1 is 1.44 bits per heavy atom. The zero-order valence-electron chi connectivity index (χ0n) is 13.8. The van der Waals surface area contributed by atoms with Gasteiger partial charge in [0.2, 0.25) is 5.69 Å². The Labute approximate surface area is 149 Å². The normalized spacial score (nSPS) is 17.2. The maximum absolute atomic E-state index is 12.8. The maximum atomic E-state index is 12.8. The predicted octanol–water partition coefficient (Wildman–Crippen LogP) is 2.87. The molecule has 132 valence electrons. The molecule has 1 fully saturated rings. The number of nitrogens with zero attached hydrogens (tertiary/aromatic N) is 4. The van der Waals surface area contributed by atoms with Crippen molar-refractivity contribution in [3.8, 4) is 0 Å². The Hall–Kier alpha value is -2.55. The van der Waals surface area contributed by atoms with E-state index in [4.69, 9.17) is 4.74 Å². The molecular formula is C16H19N5O3S. The standard InChI is InChI=1S/C16H19N5O3S/c1-2-24-15(22)13-14(25-20-19-13)18-16(23)21-9-4-3-7-12(21)11-6-5-8-17-10-11/h5-6,8,10,12H,2-4,7,9H2,1H3,(H,18,23)/t12-/m0/s1. The third-order valence-electron chi connectivity index (χ3n) is 4.01. The first kappa shape index (κ1) is 17.3. The molecule has 9 heteroatoms. The van der Waals surface area contributed by atoms with Crippen LogP contribution in [0.1, 0.15) is 48.3 Å². The van der Waals surface area contributed by atoms with Gasteiger partial charge in [0, 0.05) is 30.5 Å². The van der Waals surface area contributed by atoms with Crippen molar-refractivity contribution in [1.82, 2.24) is 19.5 Å². The number of aromatic nitrogens is 3. The highest BCUT2D eigenvalue weighted by atomic mass is 32.1. The smallest absolute Gasteiger partial charge is 0.362 e. The Kier molecular flexibility index (Phi) is 5.54. The predicted molar refractivity (Wildman–Crippen MR) is 92.4 cm³/mol. The molecule has 1 aliphatic rings. The summed E-state index contributed by atoms with van der Waals surface area (Å²) in [5.74, 6) is -0.589. The second-order valence-electron chi connectivity index (χ2n) is 5.59. The highest BCUT2D eigenvalue weighted by Gasteiger charge is 2.29. The number of likely N-dealkylation sites (tertiary alicyclic amines) is 1. The van der Waals surface area contributed by atoms with Gasteiger partial charge in [-0.3, -0.25) is 10.3 Å². The number of piperidine rings is 1. The number of carbonyl (C=O) groups excluding carboxylic acids is 2. The van der Waals surface area contributed by atoms with Crippen molar-refractivity contribution in [2.45, 2.75) is 32.2 Å². The van der Waals surface area contributed by atoms with Crippen LogP contribution in [-0.2, 0) is 4.74 Å². The number of pyridine rings is 1. The molecule has 2 aromatic heterocycles. The maximum Gasteiger partial charge on any atom is 0.362 e. The van der Waals surface area contributed by atoms with Crippen LogP contribution in [0.2, 0.25) is 0 Å². The van der Waals surface area contributed by atoms with E-state index in [1.807, 2.05) is 12.1 Å². The summed E-state index contributed by atoms with van der Waals surface area (Å²) in [6, 6.07) is 3.53. The number of carbonyl (C=O) groups is 2. The minimum atomic E-state index is -0.589. The molecule has 2 aromatic rings. The van der Waals surface area contributed by atoms with Crippen LogP contribution >= 0.6 is 11.5 Å². The Morgan fingerprint density at radius 3 is 3.08 bits per heavy atom. The number of hydrogen-bond acceptors (Lipinski definition) is 7. The topological polar surface area (TPSA) is 97.3 Å². The Morgan fingerprint density at radius 2 is 2.32 bits per heavy atom. The molecular weight excluding hydrogens is 342 g/mol. The van der Waals surface area contributed by atoms with Gasteiger partial charge >= 0.3 is 12.0 Å². The monoisotopic (exact) mass is 361 g/mol. The second kappa shape index (κ2) is 8.02. The van der Waals surface area contributed by atoms with Crippen LogP contribution in [-0.4, -0.2) is 44.6 Å². The van der Waals surface area contributed by atoms with Crippen molar-refractivity contribution in [3.63, 3.8) is 0 Å². The van der Waals surface area contributed by atoms with Crippen LogP contribution < -0.4 is 5.32 Å². The van der Waals surface area contributed by atoms with Crippen LogP contribution in [0.15, 0.2) is 24.5 Å². The fourth-order valence-corrected chi connectivity index (χ4v) is 3.42. The highest BCUT2D eigenvalue weighted by Crippen LogP contribution is 2.31. The average molecular weight is 361 g/mol. The van der Waals surface area contributed by atoms with E-state index in [9.17, 15) is 9.59 Å². The largest absolute Gasteiger partial charge is 0.461 e. The lowest BCUT2D eigenvalue weighted by molar-refractivity contribution is 0.0520. The zero-order chi connectivity index (χ0) is 17.6. The zero-order valence-corrected chi connectivity index (χ0v) is 14.7.